The molecule has 1 heterocycles. The lowest BCUT2D eigenvalue weighted by Crippen LogP contribution is -2.05. The summed E-state index contributed by atoms with van der Waals surface area (Å²) in [5, 5.41) is 1.66. The smallest absolute Gasteiger partial charge is 0.169 e. The average molecular weight is 363 g/mol. The van der Waals surface area contributed by atoms with E-state index >= 15 is 0 Å². The van der Waals surface area contributed by atoms with Gasteiger partial charge in [-0.3, -0.25) is 0 Å². The Kier molecular flexibility index (Phi) is 5.66. The van der Waals surface area contributed by atoms with Crippen LogP contribution in [0.3, 0.4) is 0 Å². The summed E-state index contributed by atoms with van der Waals surface area (Å²) in [6, 6.07) is 13.9. The highest BCUT2D eigenvalue weighted by Crippen LogP contribution is 2.29. The zero-order valence-electron chi connectivity index (χ0n) is 13.7. The number of hydrogen-bond acceptors (Lipinski definition) is 4. The van der Waals surface area contributed by atoms with E-state index in [9.17, 15) is 0 Å². The largest absolute Gasteiger partial charge is 0.497 e. The van der Waals surface area contributed by atoms with Gasteiger partial charge in [-0.25, -0.2) is 4.98 Å². The van der Waals surface area contributed by atoms with Crippen LogP contribution in [0, 0.1) is 0 Å². The van der Waals surface area contributed by atoms with Crippen molar-refractivity contribution in [3.05, 3.63) is 53.1 Å². The van der Waals surface area contributed by atoms with Gasteiger partial charge < -0.3 is 14.0 Å². The highest BCUT2D eigenvalue weighted by atomic mass is 35.5. The molecule has 0 aliphatic heterocycles. The third-order valence-corrected chi connectivity index (χ3v) is 4.98. The minimum atomic E-state index is 0.640. The molecule has 24 heavy (non-hydrogen) atoms. The van der Waals surface area contributed by atoms with Crippen LogP contribution in [0.5, 0.6) is 5.75 Å². The van der Waals surface area contributed by atoms with Crippen molar-refractivity contribution in [3.63, 3.8) is 0 Å². The Hall–Kier alpha value is -1.69. The van der Waals surface area contributed by atoms with Gasteiger partial charge >= 0.3 is 0 Å². The molecule has 0 aliphatic carbocycles. The maximum atomic E-state index is 6.10. The Morgan fingerprint density at radius 2 is 2.04 bits per heavy atom. The first-order valence-electron chi connectivity index (χ1n) is 7.61. The fourth-order valence-electron chi connectivity index (χ4n) is 2.50. The summed E-state index contributed by atoms with van der Waals surface area (Å²) in [6.07, 6.45) is 0. The number of benzene rings is 2. The number of nitrogens with zero attached hydrogens (tertiary/aromatic N) is 2. The monoisotopic (exact) mass is 362 g/mol. The lowest BCUT2D eigenvalue weighted by molar-refractivity contribution is 0.186. The van der Waals surface area contributed by atoms with Crippen LogP contribution < -0.4 is 4.74 Å². The maximum absolute atomic E-state index is 6.10. The summed E-state index contributed by atoms with van der Waals surface area (Å²) in [5.41, 5.74) is 3.18. The number of hydrogen-bond donors (Lipinski definition) is 0. The van der Waals surface area contributed by atoms with Crippen molar-refractivity contribution in [2.75, 3.05) is 20.8 Å². The van der Waals surface area contributed by atoms with E-state index < -0.39 is 0 Å². The molecule has 0 atom stereocenters. The third-order valence-electron chi connectivity index (χ3n) is 3.70. The van der Waals surface area contributed by atoms with Gasteiger partial charge in [0.2, 0.25) is 0 Å². The molecule has 0 saturated heterocycles. The second-order valence-electron chi connectivity index (χ2n) is 5.31. The third kappa shape index (κ3) is 3.86. The van der Waals surface area contributed by atoms with E-state index in [0.29, 0.717) is 11.6 Å². The number of fused-ring (bicyclic) bond motifs is 1. The fourth-order valence-corrected chi connectivity index (χ4v) is 3.65. The average Bonchev–Trinajstić information content (AvgIpc) is 2.94. The van der Waals surface area contributed by atoms with Crippen LogP contribution in [-0.4, -0.2) is 30.4 Å². The number of ether oxygens (including phenoxy) is 2. The molecule has 3 rings (SSSR count). The molecule has 0 radical (unpaired) electrons. The number of aromatic nitrogens is 2. The topological polar surface area (TPSA) is 36.3 Å². The van der Waals surface area contributed by atoms with Crippen molar-refractivity contribution in [1.29, 1.82) is 0 Å². The predicted octanol–water partition coefficient (Wildman–Crippen LogP) is 4.64. The second-order valence-corrected chi connectivity index (χ2v) is 6.69. The van der Waals surface area contributed by atoms with Gasteiger partial charge in [-0.05, 0) is 35.9 Å². The molecule has 0 bridgehead atoms. The SMILES string of the molecule is COCCn1c(SCc2cccc(OC)c2)nc2cc(Cl)ccc21. The Bertz CT molecular complexity index is 835. The molecule has 6 heteroatoms. The number of thioether (sulfide) groups is 1. The summed E-state index contributed by atoms with van der Waals surface area (Å²) < 4.78 is 12.7. The van der Waals surface area contributed by atoms with Crippen molar-refractivity contribution in [3.8, 4) is 5.75 Å². The lowest BCUT2D eigenvalue weighted by atomic mass is 10.2. The quantitative estimate of drug-likeness (QED) is 0.574. The highest BCUT2D eigenvalue weighted by Gasteiger charge is 2.12. The van der Waals surface area contributed by atoms with Gasteiger partial charge in [0.1, 0.15) is 5.75 Å². The molecule has 0 unspecified atom stereocenters. The first kappa shape index (κ1) is 17.1. The van der Waals surface area contributed by atoms with Crippen LogP contribution in [0.25, 0.3) is 11.0 Å². The molecule has 2 aromatic carbocycles. The zero-order chi connectivity index (χ0) is 16.9. The van der Waals surface area contributed by atoms with Crippen LogP contribution >= 0.6 is 23.4 Å². The Labute approximate surface area is 150 Å². The van der Waals surface area contributed by atoms with Gasteiger partial charge in [0.15, 0.2) is 5.16 Å². The molecule has 1 aromatic heterocycles. The van der Waals surface area contributed by atoms with Gasteiger partial charge in [-0.1, -0.05) is 35.5 Å². The Morgan fingerprint density at radius 1 is 1.17 bits per heavy atom. The minimum Gasteiger partial charge on any atom is -0.497 e. The maximum Gasteiger partial charge on any atom is 0.169 e. The van der Waals surface area contributed by atoms with Crippen LogP contribution in [0.2, 0.25) is 5.02 Å². The van der Waals surface area contributed by atoms with Gasteiger partial charge in [-0.15, -0.1) is 0 Å². The van der Waals surface area contributed by atoms with E-state index in [1.54, 1.807) is 26.0 Å². The standard InChI is InChI=1S/C18H19ClN2O2S/c1-22-9-8-21-17-7-6-14(19)11-16(17)20-18(21)24-12-13-4-3-5-15(10-13)23-2/h3-7,10-11H,8-9,12H2,1-2H3. The van der Waals surface area contributed by atoms with E-state index in [2.05, 4.69) is 10.6 Å². The van der Waals surface area contributed by atoms with E-state index in [1.807, 2.05) is 36.4 Å². The van der Waals surface area contributed by atoms with Crippen LogP contribution in [0.1, 0.15) is 5.56 Å². The molecule has 0 fully saturated rings. The van der Waals surface area contributed by atoms with Crippen LogP contribution in [-0.2, 0) is 17.0 Å². The number of methoxy groups -OCH3 is 2. The Morgan fingerprint density at radius 3 is 2.83 bits per heavy atom. The molecule has 0 amide bonds. The van der Waals surface area contributed by atoms with Crippen molar-refractivity contribution in [2.24, 2.45) is 0 Å². The minimum absolute atomic E-state index is 0.640. The second kappa shape index (κ2) is 7.92. The highest BCUT2D eigenvalue weighted by molar-refractivity contribution is 7.98. The molecule has 126 valence electrons. The molecular weight excluding hydrogens is 344 g/mol. The van der Waals surface area contributed by atoms with Gasteiger partial charge in [-0.2, -0.15) is 0 Å². The van der Waals surface area contributed by atoms with Crippen molar-refractivity contribution in [2.45, 2.75) is 17.5 Å². The van der Waals surface area contributed by atoms with Crippen molar-refractivity contribution in [1.82, 2.24) is 9.55 Å². The molecule has 3 aromatic rings. The predicted molar refractivity (Wildman–Crippen MR) is 99.2 cm³/mol. The van der Waals surface area contributed by atoms with Gasteiger partial charge in [0.25, 0.3) is 0 Å². The van der Waals surface area contributed by atoms with E-state index in [4.69, 9.17) is 26.1 Å². The number of halogens is 1. The molecular formula is C18H19ClN2O2S. The van der Waals surface area contributed by atoms with Crippen LogP contribution in [0.4, 0.5) is 0 Å². The summed E-state index contributed by atoms with van der Waals surface area (Å²) in [7, 11) is 3.39. The van der Waals surface area contributed by atoms with E-state index in [-0.39, 0.29) is 0 Å². The van der Waals surface area contributed by atoms with E-state index in [1.165, 1.54) is 5.56 Å². The van der Waals surface area contributed by atoms with Crippen molar-refractivity contribution < 1.29 is 9.47 Å². The molecule has 0 saturated carbocycles. The number of rotatable bonds is 7. The normalized spacial score (nSPS) is 11.1. The zero-order valence-corrected chi connectivity index (χ0v) is 15.2. The molecule has 0 N–H and O–H groups in total. The molecule has 0 spiro atoms. The fraction of sp³-hybridized carbons (Fsp3) is 0.278. The first-order valence-corrected chi connectivity index (χ1v) is 8.98. The Balaban J connectivity index is 1.86. The van der Waals surface area contributed by atoms with E-state index in [0.717, 1.165) is 34.2 Å². The summed E-state index contributed by atoms with van der Waals surface area (Å²) in [4.78, 5) is 4.74. The number of imidazole rings is 1. The molecule has 0 aliphatic rings. The summed E-state index contributed by atoms with van der Waals surface area (Å²) in [5.74, 6) is 1.69. The lowest BCUT2D eigenvalue weighted by Gasteiger charge is -2.09. The van der Waals surface area contributed by atoms with Crippen molar-refractivity contribution >= 4 is 34.4 Å². The summed E-state index contributed by atoms with van der Waals surface area (Å²) in [6.45, 7) is 1.40. The van der Waals surface area contributed by atoms with Gasteiger partial charge in [0, 0.05) is 24.4 Å². The molecule has 4 nitrogen and oxygen atoms in total. The van der Waals surface area contributed by atoms with Gasteiger partial charge in [0.05, 0.1) is 24.8 Å². The van der Waals surface area contributed by atoms with Crippen LogP contribution in [0.15, 0.2) is 47.6 Å². The summed E-state index contributed by atoms with van der Waals surface area (Å²) >= 11 is 7.80. The first-order chi connectivity index (χ1) is 11.7.